The summed E-state index contributed by atoms with van der Waals surface area (Å²) < 4.78 is 0. The Kier molecular flexibility index (Phi) is 5.77. The van der Waals surface area contributed by atoms with Crippen molar-refractivity contribution < 1.29 is 4.79 Å². The fourth-order valence-corrected chi connectivity index (χ4v) is 2.95. The van der Waals surface area contributed by atoms with Crippen LogP contribution in [0.25, 0.3) is 0 Å². The molecule has 0 saturated carbocycles. The highest BCUT2D eigenvalue weighted by atomic mass is 32.2. The molecule has 2 rings (SSSR count). The fraction of sp³-hybridized carbons (Fsp3) is 0.312. The second-order valence-electron chi connectivity index (χ2n) is 5.02. The third-order valence-electron chi connectivity index (χ3n) is 3.13. The van der Waals surface area contributed by atoms with Crippen molar-refractivity contribution in [3.05, 3.63) is 42.1 Å². The lowest BCUT2D eigenvalue weighted by Crippen LogP contribution is -2.31. The lowest BCUT2D eigenvalue weighted by molar-refractivity contribution is -0.115. The zero-order chi connectivity index (χ0) is 15.9. The minimum Gasteiger partial charge on any atom is -0.296 e. The molecule has 1 aliphatic heterocycles. The summed E-state index contributed by atoms with van der Waals surface area (Å²) in [6, 6.07) is 7.96. The number of thioether (sulfide) groups is 1. The van der Waals surface area contributed by atoms with Gasteiger partial charge in [0.25, 0.3) is 0 Å². The number of hydrazone groups is 1. The number of aliphatic imine (C=N–C) groups is 1. The Hall–Kier alpha value is -2.08. The fourth-order valence-electron chi connectivity index (χ4n) is 2.13. The van der Waals surface area contributed by atoms with Crippen LogP contribution >= 0.6 is 11.8 Å². The Morgan fingerprint density at radius 1 is 1.36 bits per heavy atom. The van der Waals surface area contributed by atoms with Gasteiger partial charge in [-0.3, -0.25) is 20.1 Å². The van der Waals surface area contributed by atoms with Crippen LogP contribution in [0.15, 0.2) is 46.6 Å². The highest BCUT2D eigenvalue weighted by Gasteiger charge is 2.31. The monoisotopic (exact) mass is 316 g/mol. The van der Waals surface area contributed by atoms with Crippen molar-refractivity contribution in [2.45, 2.75) is 19.8 Å². The quantitative estimate of drug-likeness (QED) is 0.671. The molecule has 1 aromatic rings. The van der Waals surface area contributed by atoms with E-state index in [0.717, 1.165) is 11.3 Å². The number of amides is 1. The summed E-state index contributed by atoms with van der Waals surface area (Å²) in [6.07, 6.45) is 5.08. The molecule has 1 heterocycles. The lowest BCUT2D eigenvalue weighted by Gasteiger charge is -2.21. The molecule has 6 heteroatoms. The molecule has 1 saturated heterocycles. The van der Waals surface area contributed by atoms with Crippen LogP contribution in [-0.2, 0) is 4.79 Å². The molecule has 1 aliphatic rings. The van der Waals surface area contributed by atoms with Crippen LogP contribution < -0.4 is 10.3 Å². The van der Waals surface area contributed by atoms with Crippen LogP contribution in [0, 0.1) is 0 Å². The van der Waals surface area contributed by atoms with Crippen LogP contribution in [0.4, 0.5) is 5.69 Å². The summed E-state index contributed by atoms with van der Waals surface area (Å²) in [7, 11) is 1.70. The molecule has 116 valence electrons. The van der Waals surface area contributed by atoms with Crippen LogP contribution in [0.2, 0.25) is 0 Å². The van der Waals surface area contributed by atoms with Gasteiger partial charge < -0.3 is 0 Å². The molecule has 1 amide bonds. The van der Waals surface area contributed by atoms with Gasteiger partial charge in [-0.25, -0.2) is 0 Å². The van der Waals surface area contributed by atoms with Crippen molar-refractivity contribution in [1.29, 1.82) is 0 Å². The topological polar surface area (TPSA) is 57.1 Å². The molecule has 0 unspecified atom stereocenters. The van der Waals surface area contributed by atoms with E-state index < -0.39 is 0 Å². The summed E-state index contributed by atoms with van der Waals surface area (Å²) in [4.78, 5) is 17.8. The van der Waals surface area contributed by atoms with Crippen molar-refractivity contribution in [3.8, 4) is 0 Å². The minimum absolute atomic E-state index is 0.0535. The number of carbonyl (C=O) groups excluding carboxylic acids is 1. The number of anilines is 1. The van der Waals surface area contributed by atoms with E-state index in [2.05, 4.69) is 35.4 Å². The van der Waals surface area contributed by atoms with E-state index in [4.69, 9.17) is 0 Å². The number of hydrogen-bond donors (Lipinski definition) is 1. The van der Waals surface area contributed by atoms with Gasteiger partial charge >= 0.3 is 0 Å². The molecule has 5 nitrogen and oxygen atoms in total. The number of allylic oxidation sites excluding steroid dienone is 1. The van der Waals surface area contributed by atoms with Gasteiger partial charge in [0, 0.05) is 19.5 Å². The largest absolute Gasteiger partial charge is 0.296 e. The summed E-state index contributed by atoms with van der Waals surface area (Å²) >= 11 is 1.43. The number of nitrogens with zero attached hydrogens (tertiary/aromatic N) is 3. The van der Waals surface area contributed by atoms with E-state index in [-0.39, 0.29) is 5.91 Å². The standard InChI is InChI=1S/C16H20N4OS/c1-12(2)13-7-4-5-8-14(13)20-15(21)11-22-16(20)19-18-10-6-9-17-3/h4-10,12,18H,11H2,1-3H3/b10-6?,17-9?,19-16-. The first-order valence-electron chi connectivity index (χ1n) is 7.10. The second kappa shape index (κ2) is 7.79. The van der Waals surface area contributed by atoms with Crippen molar-refractivity contribution in [2.75, 3.05) is 17.7 Å². The summed E-state index contributed by atoms with van der Waals surface area (Å²) in [6.45, 7) is 4.24. The van der Waals surface area contributed by atoms with E-state index in [1.165, 1.54) is 11.8 Å². The average molecular weight is 316 g/mol. The van der Waals surface area contributed by atoms with Crippen molar-refractivity contribution >= 4 is 34.7 Å². The van der Waals surface area contributed by atoms with Gasteiger partial charge in [-0.05, 0) is 23.6 Å². The van der Waals surface area contributed by atoms with Crippen LogP contribution in [0.3, 0.4) is 0 Å². The normalized spacial score (nSPS) is 17.5. The van der Waals surface area contributed by atoms with Gasteiger partial charge in [-0.2, -0.15) is 0 Å². The first-order chi connectivity index (χ1) is 10.6. The number of amidine groups is 1. The van der Waals surface area contributed by atoms with Gasteiger partial charge in [0.1, 0.15) is 0 Å². The first-order valence-corrected chi connectivity index (χ1v) is 8.09. The third kappa shape index (κ3) is 3.76. The highest BCUT2D eigenvalue weighted by molar-refractivity contribution is 8.15. The SMILES string of the molecule is CN=CC=CN/N=C1\SCC(=O)N1c1ccccc1C(C)C. The predicted octanol–water partition coefficient (Wildman–Crippen LogP) is 2.96. The molecule has 0 atom stereocenters. The third-order valence-corrected chi connectivity index (χ3v) is 4.05. The van der Waals surface area contributed by atoms with Crippen LogP contribution in [0.5, 0.6) is 0 Å². The molecular weight excluding hydrogens is 296 g/mol. The molecule has 0 aliphatic carbocycles. The molecule has 0 spiro atoms. The maximum atomic E-state index is 12.3. The van der Waals surface area contributed by atoms with Gasteiger partial charge in [-0.1, -0.05) is 43.8 Å². The number of para-hydroxylation sites is 1. The summed E-state index contributed by atoms with van der Waals surface area (Å²) in [5.41, 5.74) is 4.88. The maximum Gasteiger partial charge on any atom is 0.243 e. The van der Waals surface area contributed by atoms with Gasteiger partial charge in [0.05, 0.1) is 11.4 Å². The zero-order valence-electron chi connectivity index (χ0n) is 13.0. The highest BCUT2D eigenvalue weighted by Crippen LogP contribution is 2.32. The molecule has 1 N–H and O–H groups in total. The second-order valence-corrected chi connectivity index (χ2v) is 5.96. The smallest absolute Gasteiger partial charge is 0.243 e. The Morgan fingerprint density at radius 3 is 2.86 bits per heavy atom. The Bertz CT molecular complexity index is 622. The predicted molar refractivity (Wildman–Crippen MR) is 94.6 cm³/mol. The number of nitrogens with one attached hydrogen (secondary N) is 1. The summed E-state index contributed by atoms with van der Waals surface area (Å²) in [5.74, 6) is 0.801. The summed E-state index contributed by atoms with van der Waals surface area (Å²) in [5, 5.41) is 4.95. The van der Waals surface area contributed by atoms with E-state index in [1.54, 1.807) is 30.4 Å². The van der Waals surface area contributed by atoms with Crippen LogP contribution in [0.1, 0.15) is 25.3 Å². The van der Waals surface area contributed by atoms with Crippen molar-refractivity contribution in [2.24, 2.45) is 10.1 Å². The first kappa shape index (κ1) is 16.3. The average Bonchev–Trinajstić information content (AvgIpc) is 2.88. The maximum absolute atomic E-state index is 12.3. The molecule has 1 aromatic carbocycles. The van der Waals surface area contributed by atoms with Crippen molar-refractivity contribution in [3.63, 3.8) is 0 Å². The number of carbonyl (C=O) groups is 1. The molecule has 22 heavy (non-hydrogen) atoms. The minimum atomic E-state index is 0.0535. The Labute approximate surface area is 135 Å². The molecule has 1 fully saturated rings. The van der Waals surface area contributed by atoms with Crippen molar-refractivity contribution in [1.82, 2.24) is 5.43 Å². The van der Waals surface area contributed by atoms with E-state index in [1.807, 2.05) is 18.2 Å². The molecule has 0 bridgehead atoms. The number of benzene rings is 1. The Morgan fingerprint density at radius 2 is 2.14 bits per heavy atom. The molecule has 0 radical (unpaired) electrons. The number of rotatable bonds is 5. The lowest BCUT2D eigenvalue weighted by atomic mass is 10.0. The number of hydrogen-bond acceptors (Lipinski definition) is 5. The van der Waals surface area contributed by atoms with E-state index in [0.29, 0.717) is 16.8 Å². The van der Waals surface area contributed by atoms with Crippen LogP contribution in [-0.4, -0.2) is 30.1 Å². The Balaban J connectivity index is 2.27. The molecular formula is C16H20N4OS. The van der Waals surface area contributed by atoms with Gasteiger partial charge in [0.15, 0.2) is 5.17 Å². The van der Waals surface area contributed by atoms with Gasteiger partial charge in [0.2, 0.25) is 5.91 Å². The molecule has 0 aromatic heterocycles. The van der Waals surface area contributed by atoms with E-state index >= 15 is 0 Å². The van der Waals surface area contributed by atoms with Gasteiger partial charge in [-0.15, -0.1) is 5.10 Å². The zero-order valence-corrected chi connectivity index (χ0v) is 13.8. The van der Waals surface area contributed by atoms with E-state index in [9.17, 15) is 4.79 Å².